The Balaban J connectivity index is 1.52. The minimum absolute atomic E-state index is 0.221. The van der Waals surface area contributed by atoms with E-state index in [0.29, 0.717) is 50.8 Å². The van der Waals surface area contributed by atoms with Gasteiger partial charge in [-0.15, -0.1) is 0 Å². The molecular formula is C17H20N4O4. The van der Waals surface area contributed by atoms with Crippen molar-refractivity contribution in [2.45, 2.75) is 0 Å². The fourth-order valence-corrected chi connectivity index (χ4v) is 2.54. The predicted octanol–water partition coefficient (Wildman–Crippen LogP) is 0.671. The van der Waals surface area contributed by atoms with E-state index < -0.39 is 0 Å². The number of amides is 2. The van der Waals surface area contributed by atoms with Gasteiger partial charge in [-0.3, -0.25) is 9.59 Å². The number of ether oxygens (including phenoxy) is 1. The zero-order valence-electron chi connectivity index (χ0n) is 13.7. The topological polar surface area (TPSA) is 96.7 Å². The first-order valence-electron chi connectivity index (χ1n) is 8.13. The SMILES string of the molecule is O=C(NCCNC(=O)c1cccnc1N1CCOCC1)c1ccco1. The molecule has 8 heteroatoms. The summed E-state index contributed by atoms with van der Waals surface area (Å²) in [5, 5.41) is 5.48. The van der Waals surface area contributed by atoms with Gasteiger partial charge in [-0.05, 0) is 24.3 Å². The van der Waals surface area contributed by atoms with Gasteiger partial charge in [-0.2, -0.15) is 0 Å². The number of nitrogens with one attached hydrogen (secondary N) is 2. The number of rotatable bonds is 6. The highest BCUT2D eigenvalue weighted by atomic mass is 16.5. The highest BCUT2D eigenvalue weighted by Gasteiger charge is 2.19. The first kappa shape index (κ1) is 17.0. The smallest absolute Gasteiger partial charge is 0.287 e. The Morgan fingerprint density at radius 3 is 2.56 bits per heavy atom. The van der Waals surface area contributed by atoms with Crippen LogP contribution in [0.3, 0.4) is 0 Å². The lowest BCUT2D eigenvalue weighted by molar-refractivity contribution is 0.0910. The molecule has 2 amide bonds. The number of aromatic nitrogens is 1. The Morgan fingerprint density at radius 2 is 1.84 bits per heavy atom. The van der Waals surface area contributed by atoms with Crippen LogP contribution in [0.5, 0.6) is 0 Å². The highest BCUT2D eigenvalue weighted by molar-refractivity contribution is 5.99. The molecule has 1 fully saturated rings. The quantitative estimate of drug-likeness (QED) is 0.748. The molecule has 2 N–H and O–H groups in total. The van der Waals surface area contributed by atoms with Gasteiger partial charge < -0.3 is 24.7 Å². The first-order chi connectivity index (χ1) is 12.3. The van der Waals surface area contributed by atoms with Crippen molar-refractivity contribution in [3.05, 3.63) is 48.0 Å². The third kappa shape index (κ3) is 4.36. The summed E-state index contributed by atoms with van der Waals surface area (Å²) in [6.45, 7) is 3.26. The van der Waals surface area contributed by atoms with Gasteiger partial charge >= 0.3 is 0 Å². The Bertz CT molecular complexity index is 711. The first-order valence-corrected chi connectivity index (χ1v) is 8.13. The van der Waals surface area contributed by atoms with E-state index in [-0.39, 0.29) is 17.6 Å². The number of morpholine rings is 1. The Morgan fingerprint density at radius 1 is 1.08 bits per heavy atom. The zero-order chi connectivity index (χ0) is 17.5. The van der Waals surface area contributed by atoms with Crippen molar-refractivity contribution in [2.24, 2.45) is 0 Å². The van der Waals surface area contributed by atoms with Crippen molar-refractivity contribution in [3.63, 3.8) is 0 Å². The van der Waals surface area contributed by atoms with Crippen LogP contribution in [-0.4, -0.2) is 56.2 Å². The van der Waals surface area contributed by atoms with E-state index in [1.54, 1.807) is 30.5 Å². The Labute approximate surface area is 145 Å². The number of anilines is 1. The monoisotopic (exact) mass is 344 g/mol. The van der Waals surface area contributed by atoms with Crippen molar-refractivity contribution in [3.8, 4) is 0 Å². The van der Waals surface area contributed by atoms with E-state index in [0.717, 1.165) is 0 Å². The molecule has 0 spiro atoms. The number of nitrogens with zero attached hydrogens (tertiary/aromatic N) is 2. The number of hydrogen-bond donors (Lipinski definition) is 2. The largest absolute Gasteiger partial charge is 0.459 e. The van der Waals surface area contributed by atoms with Crippen LogP contribution in [0.15, 0.2) is 41.1 Å². The number of pyridine rings is 1. The van der Waals surface area contributed by atoms with E-state index >= 15 is 0 Å². The molecule has 3 heterocycles. The molecule has 0 unspecified atom stereocenters. The van der Waals surface area contributed by atoms with Crippen LogP contribution in [0.2, 0.25) is 0 Å². The lowest BCUT2D eigenvalue weighted by Gasteiger charge is -2.29. The van der Waals surface area contributed by atoms with Crippen LogP contribution in [0.4, 0.5) is 5.82 Å². The van der Waals surface area contributed by atoms with Gasteiger partial charge in [-0.25, -0.2) is 4.98 Å². The maximum Gasteiger partial charge on any atom is 0.287 e. The summed E-state index contributed by atoms with van der Waals surface area (Å²) in [5.41, 5.74) is 0.516. The molecule has 0 atom stereocenters. The molecule has 25 heavy (non-hydrogen) atoms. The van der Waals surface area contributed by atoms with Crippen LogP contribution in [0.25, 0.3) is 0 Å². The predicted molar refractivity (Wildman–Crippen MR) is 90.6 cm³/mol. The summed E-state index contributed by atoms with van der Waals surface area (Å²) in [5.74, 6) is 0.368. The molecule has 2 aromatic heterocycles. The maximum absolute atomic E-state index is 12.4. The van der Waals surface area contributed by atoms with Gasteiger partial charge in [0.15, 0.2) is 5.76 Å². The molecule has 1 aliphatic rings. The van der Waals surface area contributed by atoms with E-state index in [4.69, 9.17) is 9.15 Å². The second kappa shape index (κ2) is 8.29. The summed E-state index contributed by atoms with van der Waals surface area (Å²) in [6, 6.07) is 6.70. The summed E-state index contributed by atoms with van der Waals surface area (Å²) >= 11 is 0. The van der Waals surface area contributed by atoms with Gasteiger partial charge in [0.25, 0.3) is 11.8 Å². The summed E-state index contributed by atoms with van der Waals surface area (Å²) < 4.78 is 10.3. The van der Waals surface area contributed by atoms with Crippen LogP contribution in [0.1, 0.15) is 20.9 Å². The number of hydrogen-bond acceptors (Lipinski definition) is 6. The molecule has 0 radical (unpaired) electrons. The van der Waals surface area contributed by atoms with Crippen molar-refractivity contribution < 1.29 is 18.7 Å². The van der Waals surface area contributed by atoms with Crippen LogP contribution < -0.4 is 15.5 Å². The second-order valence-corrected chi connectivity index (χ2v) is 5.46. The molecule has 0 saturated carbocycles. The minimum atomic E-state index is -0.311. The standard InChI is InChI=1S/C17H20N4O4/c22-16(19-6-7-20-17(23)14-4-2-10-25-14)13-3-1-5-18-15(13)21-8-11-24-12-9-21/h1-5,10H,6-9,11-12H2,(H,19,22)(H,20,23). The van der Waals surface area contributed by atoms with Crippen molar-refractivity contribution >= 4 is 17.6 Å². The van der Waals surface area contributed by atoms with E-state index in [9.17, 15) is 9.59 Å². The van der Waals surface area contributed by atoms with Gasteiger partial charge in [0, 0.05) is 32.4 Å². The number of carbonyl (C=O) groups is 2. The van der Waals surface area contributed by atoms with Crippen LogP contribution in [-0.2, 0) is 4.74 Å². The highest BCUT2D eigenvalue weighted by Crippen LogP contribution is 2.18. The molecule has 1 aliphatic heterocycles. The third-order valence-corrected chi connectivity index (χ3v) is 3.78. The zero-order valence-corrected chi connectivity index (χ0v) is 13.7. The minimum Gasteiger partial charge on any atom is -0.459 e. The van der Waals surface area contributed by atoms with Gasteiger partial charge in [0.1, 0.15) is 5.82 Å². The van der Waals surface area contributed by atoms with Gasteiger partial charge in [-0.1, -0.05) is 0 Å². The van der Waals surface area contributed by atoms with E-state index in [1.807, 2.05) is 4.90 Å². The second-order valence-electron chi connectivity index (χ2n) is 5.46. The lowest BCUT2D eigenvalue weighted by atomic mass is 10.2. The Hall–Kier alpha value is -2.87. The molecule has 132 valence electrons. The summed E-state index contributed by atoms with van der Waals surface area (Å²) in [4.78, 5) is 30.6. The number of furan rings is 1. The van der Waals surface area contributed by atoms with Crippen LogP contribution >= 0.6 is 0 Å². The van der Waals surface area contributed by atoms with E-state index in [1.165, 1.54) is 6.26 Å². The molecule has 0 aromatic carbocycles. The van der Waals surface area contributed by atoms with Gasteiger partial charge in [0.2, 0.25) is 0 Å². The van der Waals surface area contributed by atoms with Gasteiger partial charge in [0.05, 0.1) is 25.0 Å². The molecule has 1 saturated heterocycles. The fraction of sp³-hybridized carbons (Fsp3) is 0.353. The van der Waals surface area contributed by atoms with Crippen molar-refractivity contribution in [2.75, 3.05) is 44.3 Å². The molecular weight excluding hydrogens is 324 g/mol. The molecule has 0 aliphatic carbocycles. The average Bonchev–Trinajstić information content (AvgIpc) is 3.20. The van der Waals surface area contributed by atoms with E-state index in [2.05, 4.69) is 15.6 Å². The number of carbonyl (C=O) groups excluding carboxylic acids is 2. The summed E-state index contributed by atoms with van der Waals surface area (Å²) in [6.07, 6.45) is 3.11. The Kier molecular flexibility index (Phi) is 5.63. The molecule has 2 aromatic rings. The third-order valence-electron chi connectivity index (χ3n) is 3.78. The average molecular weight is 344 g/mol. The summed E-state index contributed by atoms with van der Waals surface area (Å²) in [7, 11) is 0. The van der Waals surface area contributed by atoms with Crippen molar-refractivity contribution in [1.82, 2.24) is 15.6 Å². The lowest BCUT2D eigenvalue weighted by Crippen LogP contribution is -2.39. The molecule has 0 bridgehead atoms. The normalized spacial score (nSPS) is 14.2. The molecule has 3 rings (SSSR count). The van der Waals surface area contributed by atoms with Crippen LogP contribution in [0, 0.1) is 0 Å². The fourth-order valence-electron chi connectivity index (χ4n) is 2.54. The molecule has 8 nitrogen and oxygen atoms in total. The van der Waals surface area contributed by atoms with Crippen molar-refractivity contribution in [1.29, 1.82) is 0 Å². The maximum atomic E-state index is 12.4.